The second kappa shape index (κ2) is 6.67. The zero-order chi connectivity index (χ0) is 13.7. The molecule has 2 nitrogen and oxygen atoms in total. The molecule has 0 aromatic heterocycles. The molecule has 0 fully saturated rings. The fourth-order valence-corrected chi connectivity index (χ4v) is 3.53. The van der Waals surface area contributed by atoms with Crippen LogP contribution in [0.1, 0.15) is 44.7 Å². The highest BCUT2D eigenvalue weighted by Gasteiger charge is 2.28. The van der Waals surface area contributed by atoms with E-state index in [0.29, 0.717) is 10.8 Å². The molecule has 1 heterocycles. The van der Waals surface area contributed by atoms with Crippen LogP contribution in [0.15, 0.2) is 24.3 Å². The first-order chi connectivity index (χ1) is 9.24. The van der Waals surface area contributed by atoms with Gasteiger partial charge in [0.15, 0.2) is 0 Å². The van der Waals surface area contributed by atoms with Crippen molar-refractivity contribution >= 4 is 11.8 Å². The summed E-state index contributed by atoms with van der Waals surface area (Å²) in [4.78, 5) is 0. The number of para-hydroxylation sites is 1. The summed E-state index contributed by atoms with van der Waals surface area (Å²) in [5.74, 6) is 1.05. The van der Waals surface area contributed by atoms with Gasteiger partial charge in [-0.15, -0.1) is 0 Å². The van der Waals surface area contributed by atoms with Crippen molar-refractivity contribution < 1.29 is 4.74 Å². The number of benzene rings is 1. The van der Waals surface area contributed by atoms with Gasteiger partial charge in [0, 0.05) is 29.3 Å². The summed E-state index contributed by atoms with van der Waals surface area (Å²) >= 11 is 1.99. The van der Waals surface area contributed by atoms with Gasteiger partial charge in [-0.1, -0.05) is 32.0 Å². The molecule has 0 saturated carbocycles. The first-order valence-corrected chi connectivity index (χ1v) is 8.47. The Morgan fingerprint density at radius 1 is 1.32 bits per heavy atom. The van der Waals surface area contributed by atoms with Crippen molar-refractivity contribution in [2.24, 2.45) is 0 Å². The summed E-state index contributed by atoms with van der Waals surface area (Å²) in [6.07, 6.45) is 5.71. The number of thioether (sulfide) groups is 1. The fraction of sp³-hybridized carbons (Fsp3) is 0.625. The van der Waals surface area contributed by atoms with Crippen LogP contribution >= 0.6 is 11.8 Å². The van der Waals surface area contributed by atoms with E-state index in [-0.39, 0.29) is 0 Å². The van der Waals surface area contributed by atoms with Crippen molar-refractivity contribution in [2.45, 2.75) is 43.9 Å². The fourth-order valence-electron chi connectivity index (χ4n) is 2.72. The maximum absolute atomic E-state index is 5.72. The first-order valence-electron chi connectivity index (χ1n) is 7.25. The summed E-state index contributed by atoms with van der Waals surface area (Å²) in [5, 5.41) is 3.77. The number of hydrogen-bond donors (Lipinski definition) is 1. The molecule has 1 atom stereocenters. The van der Waals surface area contributed by atoms with Crippen LogP contribution < -0.4 is 10.1 Å². The lowest BCUT2D eigenvalue weighted by Crippen LogP contribution is -2.39. The van der Waals surface area contributed by atoms with Gasteiger partial charge in [-0.25, -0.2) is 0 Å². The maximum Gasteiger partial charge on any atom is 0.124 e. The molecule has 2 rings (SSSR count). The van der Waals surface area contributed by atoms with Gasteiger partial charge >= 0.3 is 0 Å². The molecule has 0 radical (unpaired) electrons. The van der Waals surface area contributed by atoms with Crippen LogP contribution in [-0.4, -0.2) is 24.2 Å². The highest BCUT2D eigenvalue weighted by atomic mass is 32.2. The monoisotopic (exact) mass is 279 g/mol. The number of ether oxygens (including phenoxy) is 1. The third-order valence-corrected chi connectivity index (χ3v) is 5.94. The largest absolute Gasteiger partial charge is 0.493 e. The number of fused-ring (bicyclic) bond motifs is 1. The van der Waals surface area contributed by atoms with Gasteiger partial charge in [0.05, 0.1) is 6.61 Å². The van der Waals surface area contributed by atoms with Gasteiger partial charge in [0.1, 0.15) is 5.75 Å². The van der Waals surface area contributed by atoms with Crippen molar-refractivity contribution in [1.29, 1.82) is 0 Å². The zero-order valence-electron chi connectivity index (χ0n) is 12.2. The highest BCUT2D eigenvalue weighted by Crippen LogP contribution is 2.34. The smallest absolute Gasteiger partial charge is 0.124 e. The third kappa shape index (κ3) is 3.26. The molecule has 0 aliphatic carbocycles. The van der Waals surface area contributed by atoms with E-state index in [1.54, 1.807) is 0 Å². The summed E-state index contributed by atoms with van der Waals surface area (Å²) in [5.41, 5.74) is 1.32. The van der Waals surface area contributed by atoms with Crippen LogP contribution in [0.25, 0.3) is 0 Å². The molecule has 1 unspecified atom stereocenters. The maximum atomic E-state index is 5.72. The van der Waals surface area contributed by atoms with Crippen LogP contribution in [0.4, 0.5) is 0 Å². The Hall–Kier alpha value is -0.670. The van der Waals surface area contributed by atoms with Crippen molar-refractivity contribution in [2.75, 3.05) is 19.4 Å². The molecule has 3 heteroatoms. The van der Waals surface area contributed by atoms with Crippen LogP contribution in [0.5, 0.6) is 5.75 Å². The van der Waals surface area contributed by atoms with Gasteiger partial charge in [-0.3, -0.25) is 0 Å². The summed E-state index contributed by atoms with van der Waals surface area (Å²) in [6, 6.07) is 8.85. The van der Waals surface area contributed by atoms with Gasteiger partial charge in [-0.05, 0) is 25.2 Å². The lowest BCUT2D eigenvalue weighted by atomic mass is 9.97. The Morgan fingerprint density at radius 2 is 2.05 bits per heavy atom. The van der Waals surface area contributed by atoms with E-state index < -0.39 is 0 Å². The van der Waals surface area contributed by atoms with Crippen molar-refractivity contribution in [3.63, 3.8) is 0 Å². The Kier molecular flexibility index (Phi) is 5.17. The third-order valence-electron chi connectivity index (χ3n) is 4.35. The van der Waals surface area contributed by atoms with Crippen LogP contribution in [-0.2, 0) is 0 Å². The van der Waals surface area contributed by atoms with E-state index in [2.05, 4.69) is 43.6 Å². The molecular formula is C16H25NOS. The molecule has 106 valence electrons. The molecule has 0 spiro atoms. The predicted octanol–water partition coefficient (Wildman–Crippen LogP) is 4.02. The average molecular weight is 279 g/mol. The topological polar surface area (TPSA) is 21.3 Å². The molecule has 1 N–H and O–H groups in total. The minimum Gasteiger partial charge on any atom is -0.493 e. The van der Waals surface area contributed by atoms with E-state index in [1.165, 1.54) is 18.4 Å². The molecule has 1 aromatic rings. The molecule has 19 heavy (non-hydrogen) atoms. The van der Waals surface area contributed by atoms with Crippen molar-refractivity contribution in [3.05, 3.63) is 29.8 Å². The van der Waals surface area contributed by atoms with Gasteiger partial charge in [0.25, 0.3) is 0 Å². The van der Waals surface area contributed by atoms with Gasteiger partial charge < -0.3 is 10.1 Å². The first kappa shape index (κ1) is 14.7. The standard InChI is InChI=1S/C16H25NOS/c1-4-16(5-2,19-3)12-17-14-10-11-18-15-9-7-6-8-13(14)15/h6-9,14,17H,4-5,10-12H2,1-3H3. The Morgan fingerprint density at radius 3 is 2.74 bits per heavy atom. The Labute approximate surface area is 121 Å². The normalized spacial score (nSPS) is 18.8. The summed E-state index contributed by atoms with van der Waals surface area (Å²) in [6.45, 7) is 6.47. The number of nitrogens with one attached hydrogen (secondary N) is 1. The molecule has 1 aromatic carbocycles. The summed E-state index contributed by atoms with van der Waals surface area (Å²) < 4.78 is 6.09. The Bertz CT molecular complexity index is 395. The molecule has 0 bridgehead atoms. The van der Waals surface area contributed by atoms with Gasteiger partial charge in [0.2, 0.25) is 0 Å². The zero-order valence-corrected chi connectivity index (χ0v) is 13.1. The highest BCUT2D eigenvalue weighted by molar-refractivity contribution is 8.00. The van der Waals surface area contributed by atoms with Crippen LogP contribution in [0.2, 0.25) is 0 Å². The van der Waals surface area contributed by atoms with E-state index in [0.717, 1.165) is 25.3 Å². The quantitative estimate of drug-likeness (QED) is 0.849. The van der Waals surface area contributed by atoms with Gasteiger partial charge in [-0.2, -0.15) is 11.8 Å². The SMILES string of the molecule is CCC(CC)(CNC1CCOc2ccccc21)SC. The lowest BCUT2D eigenvalue weighted by Gasteiger charge is -2.34. The Balaban J connectivity index is 2.05. The number of rotatable bonds is 6. The van der Waals surface area contributed by atoms with Crippen molar-refractivity contribution in [3.8, 4) is 5.75 Å². The van der Waals surface area contributed by atoms with E-state index in [4.69, 9.17) is 4.74 Å². The van der Waals surface area contributed by atoms with Crippen LogP contribution in [0.3, 0.4) is 0 Å². The molecular weight excluding hydrogens is 254 g/mol. The molecule has 1 aliphatic heterocycles. The minimum atomic E-state index is 0.368. The van der Waals surface area contributed by atoms with E-state index in [9.17, 15) is 0 Å². The summed E-state index contributed by atoms with van der Waals surface area (Å²) in [7, 11) is 0. The van der Waals surface area contributed by atoms with E-state index >= 15 is 0 Å². The molecule has 1 aliphatic rings. The molecule has 0 amide bonds. The number of hydrogen-bond acceptors (Lipinski definition) is 3. The second-order valence-electron chi connectivity index (χ2n) is 5.20. The van der Waals surface area contributed by atoms with E-state index in [1.807, 2.05) is 17.8 Å². The minimum absolute atomic E-state index is 0.368. The average Bonchev–Trinajstić information content (AvgIpc) is 2.49. The van der Waals surface area contributed by atoms with Crippen molar-refractivity contribution in [1.82, 2.24) is 5.32 Å². The lowest BCUT2D eigenvalue weighted by molar-refractivity contribution is 0.249. The van der Waals surface area contributed by atoms with Crippen LogP contribution in [0, 0.1) is 0 Å². The predicted molar refractivity (Wildman–Crippen MR) is 84.1 cm³/mol. The molecule has 0 saturated heterocycles. The second-order valence-corrected chi connectivity index (χ2v) is 6.48.